The largest absolute Gasteiger partial charge is 0.416 e. The molecule has 6 nitrogen and oxygen atoms in total. The second-order valence-electron chi connectivity index (χ2n) is 16.7. The first kappa shape index (κ1) is 39.1. The topological polar surface area (TPSA) is 49.0 Å². The Hall–Kier alpha value is -1.37. The highest BCUT2D eigenvalue weighted by molar-refractivity contribution is 6.74. The summed E-state index contributed by atoms with van der Waals surface area (Å²) < 4.78 is 12.9. The molecule has 260 valence electrons. The lowest BCUT2D eigenvalue weighted by atomic mass is 10.1. The van der Waals surface area contributed by atoms with E-state index < -0.39 is 16.6 Å². The molecule has 2 aromatic carbocycles. The fraction of sp³-hybridized carbons (Fsp3) is 0.684. The summed E-state index contributed by atoms with van der Waals surface area (Å²) in [6.07, 6.45) is 0. The SMILES string of the molecule is CC(C)(C)[Si](C)(C)OCC1CN(Cc2ccccc2)CCN(Cc2ccccc2)C1.CC(C)(C)[Si](C)(C)OCC1CNCCNC1. The average molecular weight is 669 g/mol. The van der Waals surface area contributed by atoms with Crippen molar-refractivity contribution in [2.75, 3.05) is 65.6 Å². The summed E-state index contributed by atoms with van der Waals surface area (Å²) >= 11 is 0. The van der Waals surface area contributed by atoms with E-state index in [1.165, 1.54) is 11.1 Å². The molecule has 0 radical (unpaired) electrons. The van der Waals surface area contributed by atoms with Crippen LogP contribution >= 0.6 is 0 Å². The van der Waals surface area contributed by atoms with Crippen molar-refractivity contribution in [3.63, 3.8) is 0 Å². The van der Waals surface area contributed by atoms with Crippen molar-refractivity contribution in [1.29, 1.82) is 0 Å². The van der Waals surface area contributed by atoms with E-state index in [1.807, 2.05) is 0 Å². The minimum absolute atomic E-state index is 0.255. The molecule has 8 heteroatoms. The van der Waals surface area contributed by atoms with Crippen LogP contribution < -0.4 is 10.6 Å². The predicted octanol–water partition coefficient (Wildman–Crippen LogP) is 7.46. The Morgan fingerprint density at radius 3 is 1.35 bits per heavy atom. The molecule has 0 aliphatic carbocycles. The highest BCUT2D eigenvalue weighted by Crippen LogP contribution is 2.37. The Morgan fingerprint density at radius 1 is 0.609 bits per heavy atom. The first-order valence-electron chi connectivity index (χ1n) is 17.8. The Kier molecular flexibility index (Phi) is 15.2. The van der Waals surface area contributed by atoms with Gasteiger partial charge in [-0.2, -0.15) is 0 Å². The molecule has 2 heterocycles. The standard InChI is InChI=1S/C26H40N2OSi.C12H28N2OSi/c1-26(2,3)30(4,5)29-22-25-20-27(18-23-12-8-6-9-13-23)16-17-28(21-25)19-24-14-10-7-11-15-24;1-12(2,3)16(4,5)15-10-11-8-13-6-7-14-9-11/h6-15,25H,16-22H2,1-5H3;11,13-14H,6-10H2,1-5H3. The number of hydrogen-bond donors (Lipinski definition) is 2. The number of nitrogens with zero attached hydrogens (tertiary/aromatic N) is 2. The molecule has 0 spiro atoms. The maximum Gasteiger partial charge on any atom is 0.191 e. The van der Waals surface area contributed by atoms with Crippen LogP contribution in [-0.2, 0) is 21.9 Å². The minimum atomic E-state index is -1.73. The molecule has 2 fully saturated rings. The molecule has 2 aliphatic rings. The molecule has 2 aromatic rings. The zero-order valence-corrected chi connectivity index (χ0v) is 33.1. The fourth-order valence-corrected chi connectivity index (χ4v) is 7.56. The van der Waals surface area contributed by atoms with Crippen LogP contribution in [-0.4, -0.2) is 92.0 Å². The van der Waals surface area contributed by atoms with Gasteiger partial charge in [0.15, 0.2) is 16.6 Å². The highest BCUT2D eigenvalue weighted by Gasteiger charge is 2.39. The zero-order valence-electron chi connectivity index (χ0n) is 31.1. The summed E-state index contributed by atoms with van der Waals surface area (Å²) in [7, 11) is -3.30. The summed E-state index contributed by atoms with van der Waals surface area (Å²) in [6, 6.07) is 21.8. The Labute approximate surface area is 285 Å². The molecule has 0 saturated carbocycles. The summed E-state index contributed by atoms with van der Waals surface area (Å²) in [5, 5.41) is 7.46. The van der Waals surface area contributed by atoms with Crippen molar-refractivity contribution in [2.24, 2.45) is 11.8 Å². The fourth-order valence-electron chi connectivity index (χ4n) is 5.39. The van der Waals surface area contributed by atoms with E-state index in [0.717, 1.165) is 78.7 Å². The molecule has 2 saturated heterocycles. The third kappa shape index (κ3) is 13.3. The molecule has 0 amide bonds. The van der Waals surface area contributed by atoms with Gasteiger partial charge in [-0.15, -0.1) is 0 Å². The van der Waals surface area contributed by atoms with Crippen molar-refractivity contribution >= 4 is 16.6 Å². The van der Waals surface area contributed by atoms with Crippen LogP contribution in [0.1, 0.15) is 52.7 Å². The minimum Gasteiger partial charge on any atom is -0.416 e. The normalized spacial score (nSPS) is 18.8. The van der Waals surface area contributed by atoms with Crippen molar-refractivity contribution in [2.45, 2.75) is 90.9 Å². The van der Waals surface area contributed by atoms with E-state index in [9.17, 15) is 0 Å². The predicted molar refractivity (Wildman–Crippen MR) is 202 cm³/mol. The second kappa shape index (κ2) is 17.9. The maximum absolute atomic E-state index is 6.67. The lowest BCUT2D eigenvalue weighted by Crippen LogP contribution is -2.43. The van der Waals surface area contributed by atoms with Gasteiger partial charge in [0.1, 0.15) is 0 Å². The molecule has 2 aliphatic heterocycles. The summed E-state index contributed by atoms with van der Waals surface area (Å²) in [5.74, 6) is 1.16. The van der Waals surface area contributed by atoms with Crippen molar-refractivity contribution in [1.82, 2.24) is 20.4 Å². The van der Waals surface area contributed by atoms with Crippen LogP contribution in [0.2, 0.25) is 36.3 Å². The molecular formula is C38H68N4O2Si2. The third-order valence-electron chi connectivity index (χ3n) is 10.6. The van der Waals surface area contributed by atoms with Gasteiger partial charge in [-0.3, -0.25) is 9.80 Å². The van der Waals surface area contributed by atoms with Gasteiger partial charge >= 0.3 is 0 Å². The number of rotatable bonds is 10. The van der Waals surface area contributed by atoms with Crippen LogP contribution in [0.4, 0.5) is 0 Å². The lowest BCUT2D eigenvalue weighted by Gasteiger charge is -2.38. The summed E-state index contributed by atoms with van der Waals surface area (Å²) in [4.78, 5) is 5.25. The number of hydrogen-bond acceptors (Lipinski definition) is 6. The van der Waals surface area contributed by atoms with Gasteiger partial charge in [0.2, 0.25) is 0 Å². The second-order valence-corrected chi connectivity index (χ2v) is 26.3. The average Bonchev–Trinajstić information content (AvgIpc) is 3.36. The van der Waals surface area contributed by atoms with E-state index in [-0.39, 0.29) is 5.04 Å². The molecular weight excluding hydrogens is 601 g/mol. The summed E-state index contributed by atoms with van der Waals surface area (Å²) in [6.45, 7) is 35.8. The van der Waals surface area contributed by atoms with E-state index >= 15 is 0 Å². The maximum atomic E-state index is 6.67. The monoisotopic (exact) mass is 668 g/mol. The van der Waals surface area contributed by atoms with Gasteiger partial charge in [-0.25, -0.2) is 0 Å². The molecule has 0 bridgehead atoms. The lowest BCUT2D eigenvalue weighted by molar-refractivity contribution is 0.164. The van der Waals surface area contributed by atoms with Crippen LogP contribution in [0.15, 0.2) is 60.7 Å². The van der Waals surface area contributed by atoms with Gasteiger partial charge in [0.25, 0.3) is 0 Å². The molecule has 0 atom stereocenters. The van der Waals surface area contributed by atoms with E-state index in [1.54, 1.807) is 0 Å². The van der Waals surface area contributed by atoms with Gasteiger partial charge in [-0.1, -0.05) is 102 Å². The number of nitrogens with one attached hydrogen (secondary N) is 2. The quantitative estimate of drug-likeness (QED) is 0.257. The first-order valence-corrected chi connectivity index (χ1v) is 23.6. The Bertz CT molecular complexity index is 1060. The smallest absolute Gasteiger partial charge is 0.191 e. The van der Waals surface area contributed by atoms with E-state index in [0.29, 0.717) is 16.9 Å². The van der Waals surface area contributed by atoms with Crippen molar-refractivity contribution in [3.05, 3.63) is 71.8 Å². The van der Waals surface area contributed by atoms with Crippen LogP contribution in [0.25, 0.3) is 0 Å². The Balaban J connectivity index is 0.000000304. The third-order valence-corrected chi connectivity index (χ3v) is 19.6. The molecule has 4 rings (SSSR count). The Morgan fingerprint density at radius 2 is 0.978 bits per heavy atom. The molecule has 0 aromatic heterocycles. The van der Waals surface area contributed by atoms with Crippen LogP contribution in [0.5, 0.6) is 0 Å². The molecule has 2 N–H and O–H groups in total. The van der Waals surface area contributed by atoms with Crippen molar-refractivity contribution < 1.29 is 8.85 Å². The van der Waals surface area contributed by atoms with Crippen LogP contribution in [0.3, 0.4) is 0 Å². The van der Waals surface area contributed by atoms with Gasteiger partial charge in [-0.05, 0) is 47.4 Å². The summed E-state index contributed by atoms with van der Waals surface area (Å²) in [5.41, 5.74) is 2.80. The highest BCUT2D eigenvalue weighted by atomic mass is 28.4. The van der Waals surface area contributed by atoms with Gasteiger partial charge < -0.3 is 19.5 Å². The van der Waals surface area contributed by atoms with E-state index in [2.05, 4.69) is 149 Å². The molecule has 0 unspecified atom stereocenters. The number of benzene rings is 2. The van der Waals surface area contributed by atoms with E-state index in [4.69, 9.17) is 8.85 Å². The van der Waals surface area contributed by atoms with Gasteiger partial charge in [0, 0.05) is 90.5 Å². The van der Waals surface area contributed by atoms with Crippen molar-refractivity contribution in [3.8, 4) is 0 Å². The van der Waals surface area contributed by atoms with Crippen LogP contribution in [0, 0.1) is 11.8 Å². The first-order chi connectivity index (χ1) is 21.6. The zero-order chi connectivity index (χ0) is 33.8. The van der Waals surface area contributed by atoms with Gasteiger partial charge in [0.05, 0.1) is 0 Å². The molecule has 46 heavy (non-hydrogen) atoms.